The number of aryl methyl sites for hydroxylation is 2. The van der Waals surface area contributed by atoms with E-state index in [2.05, 4.69) is 0 Å². The monoisotopic (exact) mass is 208 g/mol. The van der Waals surface area contributed by atoms with Gasteiger partial charge in [-0.1, -0.05) is 12.1 Å². The van der Waals surface area contributed by atoms with Gasteiger partial charge >= 0.3 is 0 Å². The van der Waals surface area contributed by atoms with Crippen LogP contribution < -0.4 is 0 Å². The van der Waals surface area contributed by atoms with Crippen LogP contribution >= 0.6 is 0 Å². The summed E-state index contributed by atoms with van der Waals surface area (Å²) in [5, 5.41) is 0. The predicted molar refractivity (Wildman–Crippen MR) is 55.8 cm³/mol. The SMILES string of the molecule is CC(=O)C(F)C(=O)c1ccc(C)c(C)c1. The van der Waals surface area contributed by atoms with Gasteiger partial charge in [0.25, 0.3) is 0 Å². The van der Waals surface area contributed by atoms with Gasteiger partial charge in [0.2, 0.25) is 12.0 Å². The Balaban J connectivity index is 3.02. The lowest BCUT2D eigenvalue weighted by molar-refractivity contribution is -0.120. The van der Waals surface area contributed by atoms with Crippen molar-refractivity contribution >= 4 is 11.6 Å². The molecule has 0 radical (unpaired) electrons. The minimum atomic E-state index is -2.04. The fourth-order valence-corrected chi connectivity index (χ4v) is 1.23. The smallest absolute Gasteiger partial charge is 0.220 e. The van der Waals surface area contributed by atoms with Crippen LogP contribution in [0.15, 0.2) is 18.2 Å². The second kappa shape index (κ2) is 4.34. The topological polar surface area (TPSA) is 34.1 Å². The zero-order valence-corrected chi connectivity index (χ0v) is 9.00. The molecule has 0 aromatic heterocycles. The lowest BCUT2D eigenvalue weighted by Crippen LogP contribution is -2.23. The molecule has 1 aromatic rings. The summed E-state index contributed by atoms with van der Waals surface area (Å²) < 4.78 is 13.1. The van der Waals surface area contributed by atoms with Gasteiger partial charge in [-0.05, 0) is 38.0 Å². The molecule has 1 rings (SSSR count). The van der Waals surface area contributed by atoms with Crippen LogP contribution in [-0.2, 0) is 4.79 Å². The van der Waals surface area contributed by atoms with Crippen LogP contribution in [0, 0.1) is 13.8 Å². The summed E-state index contributed by atoms with van der Waals surface area (Å²) in [7, 11) is 0. The summed E-state index contributed by atoms with van der Waals surface area (Å²) in [6.07, 6.45) is -2.04. The first kappa shape index (κ1) is 11.6. The molecule has 0 aliphatic carbocycles. The largest absolute Gasteiger partial charge is 0.296 e. The van der Waals surface area contributed by atoms with Crippen molar-refractivity contribution in [3.63, 3.8) is 0 Å². The number of hydrogen-bond acceptors (Lipinski definition) is 2. The first-order chi connectivity index (χ1) is 6.93. The average Bonchev–Trinajstić information content (AvgIpc) is 2.19. The summed E-state index contributed by atoms with van der Waals surface area (Å²) in [6.45, 7) is 4.82. The summed E-state index contributed by atoms with van der Waals surface area (Å²) in [6, 6.07) is 4.89. The van der Waals surface area contributed by atoms with Gasteiger partial charge in [0.05, 0.1) is 0 Å². The van der Waals surface area contributed by atoms with Crippen LogP contribution in [0.4, 0.5) is 4.39 Å². The van der Waals surface area contributed by atoms with Gasteiger partial charge < -0.3 is 0 Å². The van der Waals surface area contributed by atoms with Crippen molar-refractivity contribution in [1.82, 2.24) is 0 Å². The molecule has 1 aromatic carbocycles. The number of halogens is 1. The number of ketones is 2. The minimum absolute atomic E-state index is 0.251. The molecule has 15 heavy (non-hydrogen) atoms. The van der Waals surface area contributed by atoms with Crippen LogP contribution in [0.1, 0.15) is 28.4 Å². The van der Waals surface area contributed by atoms with Gasteiger partial charge in [0.15, 0.2) is 5.78 Å². The molecule has 3 heteroatoms. The van der Waals surface area contributed by atoms with E-state index in [0.717, 1.165) is 18.1 Å². The van der Waals surface area contributed by atoms with Crippen molar-refractivity contribution in [2.45, 2.75) is 26.9 Å². The summed E-state index contributed by atoms with van der Waals surface area (Å²) in [4.78, 5) is 22.2. The molecular weight excluding hydrogens is 195 g/mol. The zero-order chi connectivity index (χ0) is 11.6. The third-order valence-corrected chi connectivity index (χ3v) is 2.38. The van der Waals surface area contributed by atoms with E-state index in [1.807, 2.05) is 13.8 Å². The molecule has 1 unspecified atom stereocenters. The molecule has 0 bridgehead atoms. The Hall–Kier alpha value is -1.51. The van der Waals surface area contributed by atoms with Crippen LogP contribution in [0.25, 0.3) is 0 Å². The lowest BCUT2D eigenvalue weighted by atomic mass is 10.0. The predicted octanol–water partition coefficient (Wildman–Crippen LogP) is 2.41. The Labute approximate surface area is 88.1 Å². The number of benzene rings is 1. The van der Waals surface area contributed by atoms with Gasteiger partial charge in [-0.15, -0.1) is 0 Å². The van der Waals surface area contributed by atoms with Crippen LogP contribution in [-0.4, -0.2) is 17.7 Å². The van der Waals surface area contributed by atoms with Crippen LogP contribution in [0.3, 0.4) is 0 Å². The molecule has 0 heterocycles. The Morgan fingerprint density at radius 1 is 1.20 bits per heavy atom. The number of carbonyl (C=O) groups is 2. The molecule has 1 atom stereocenters. The molecule has 2 nitrogen and oxygen atoms in total. The molecule has 80 valence electrons. The van der Waals surface area contributed by atoms with Crippen molar-refractivity contribution in [1.29, 1.82) is 0 Å². The number of hydrogen-bond donors (Lipinski definition) is 0. The molecular formula is C12H13FO2. The highest BCUT2D eigenvalue weighted by Gasteiger charge is 2.23. The molecule has 0 saturated carbocycles. The second-order valence-electron chi connectivity index (χ2n) is 3.64. The van der Waals surface area contributed by atoms with Crippen LogP contribution in [0.2, 0.25) is 0 Å². The Morgan fingerprint density at radius 2 is 1.80 bits per heavy atom. The van der Waals surface area contributed by atoms with Gasteiger partial charge in [-0.25, -0.2) is 4.39 Å². The van der Waals surface area contributed by atoms with Crippen LogP contribution in [0.5, 0.6) is 0 Å². The quantitative estimate of drug-likeness (QED) is 0.564. The van der Waals surface area contributed by atoms with Crippen molar-refractivity contribution in [2.75, 3.05) is 0 Å². The normalized spacial score (nSPS) is 12.3. The number of alkyl halides is 1. The Kier molecular flexibility index (Phi) is 3.35. The summed E-state index contributed by atoms with van der Waals surface area (Å²) in [5.41, 5.74) is 2.20. The third kappa shape index (κ3) is 2.49. The van der Waals surface area contributed by atoms with Gasteiger partial charge in [0.1, 0.15) is 0 Å². The van der Waals surface area contributed by atoms with Gasteiger partial charge in [0, 0.05) is 5.56 Å². The van der Waals surface area contributed by atoms with Crippen molar-refractivity contribution < 1.29 is 14.0 Å². The highest BCUT2D eigenvalue weighted by molar-refractivity contribution is 6.12. The lowest BCUT2D eigenvalue weighted by Gasteiger charge is -2.06. The summed E-state index contributed by atoms with van der Waals surface area (Å²) in [5.74, 6) is -1.51. The Bertz CT molecular complexity index is 410. The first-order valence-corrected chi connectivity index (χ1v) is 4.69. The van der Waals surface area contributed by atoms with Gasteiger partial charge in [-0.2, -0.15) is 0 Å². The molecule has 0 aliphatic heterocycles. The molecule has 0 N–H and O–H groups in total. The number of carbonyl (C=O) groups excluding carboxylic acids is 2. The zero-order valence-electron chi connectivity index (χ0n) is 9.00. The average molecular weight is 208 g/mol. The van der Waals surface area contributed by atoms with E-state index in [1.54, 1.807) is 18.2 Å². The molecule has 0 fully saturated rings. The van der Waals surface area contributed by atoms with Crippen molar-refractivity contribution in [3.8, 4) is 0 Å². The van der Waals surface area contributed by atoms with Crippen molar-refractivity contribution in [2.24, 2.45) is 0 Å². The molecule has 0 aliphatic rings. The van der Waals surface area contributed by atoms with Gasteiger partial charge in [-0.3, -0.25) is 9.59 Å². The number of Topliss-reactive ketones (excluding diaryl/α,β-unsaturated/α-hetero) is 2. The van der Waals surface area contributed by atoms with E-state index < -0.39 is 17.7 Å². The van der Waals surface area contributed by atoms with Crippen molar-refractivity contribution in [3.05, 3.63) is 34.9 Å². The highest BCUT2D eigenvalue weighted by atomic mass is 19.1. The maximum Gasteiger partial charge on any atom is 0.220 e. The number of rotatable bonds is 3. The summed E-state index contributed by atoms with van der Waals surface area (Å²) >= 11 is 0. The van der Waals surface area contributed by atoms with E-state index in [1.165, 1.54) is 0 Å². The molecule has 0 amide bonds. The second-order valence-corrected chi connectivity index (χ2v) is 3.64. The fraction of sp³-hybridized carbons (Fsp3) is 0.333. The minimum Gasteiger partial charge on any atom is -0.296 e. The fourth-order valence-electron chi connectivity index (χ4n) is 1.23. The molecule has 0 saturated heterocycles. The third-order valence-electron chi connectivity index (χ3n) is 2.38. The maximum absolute atomic E-state index is 13.1. The molecule has 0 spiro atoms. The van der Waals surface area contributed by atoms with E-state index >= 15 is 0 Å². The van der Waals surface area contributed by atoms with E-state index in [9.17, 15) is 14.0 Å². The van der Waals surface area contributed by atoms with E-state index in [-0.39, 0.29) is 5.56 Å². The van der Waals surface area contributed by atoms with E-state index in [4.69, 9.17) is 0 Å². The first-order valence-electron chi connectivity index (χ1n) is 4.69. The van der Waals surface area contributed by atoms with E-state index in [0.29, 0.717) is 0 Å². The standard InChI is InChI=1S/C12H13FO2/c1-7-4-5-10(6-8(7)2)12(15)11(13)9(3)14/h4-6,11H,1-3H3. The Morgan fingerprint density at radius 3 is 2.27 bits per heavy atom. The highest BCUT2D eigenvalue weighted by Crippen LogP contribution is 2.13. The maximum atomic E-state index is 13.1.